The highest BCUT2D eigenvalue weighted by atomic mass is 16.5. The highest BCUT2D eigenvalue weighted by molar-refractivity contribution is 5.97. The molecular formula is C25H32N2O5. The Hall–Kier alpha value is -2.80. The summed E-state index contributed by atoms with van der Waals surface area (Å²) in [6.45, 7) is 7.46. The monoisotopic (exact) mass is 440 g/mol. The molecule has 2 aromatic rings. The number of benzene rings is 1. The molecule has 172 valence electrons. The fraction of sp³-hybridized carbons (Fsp3) is 0.520. The summed E-state index contributed by atoms with van der Waals surface area (Å²) >= 11 is 0. The summed E-state index contributed by atoms with van der Waals surface area (Å²) in [5, 5.41) is 0. The number of carbonyl (C=O) groups is 2. The molecule has 0 bridgehead atoms. The van der Waals surface area contributed by atoms with Crippen LogP contribution < -0.4 is 4.74 Å². The minimum Gasteiger partial charge on any atom is -0.497 e. The normalized spacial score (nSPS) is 18.8. The molecule has 1 fully saturated rings. The predicted molar refractivity (Wildman–Crippen MR) is 120 cm³/mol. The van der Waals surface area contributed by atoms with E-state index in [2.05, 4.69) is 17.0 Å². The second kappa shape index (κ2) is 9.77. The number of fused-ring (bicyclic) bond motifs is 1. The maximum Gasteiger partial charge on any atom is 0.310 e. The van der Waals surface area contributed by atoms with Gasteiger partial charge in [0, 0.05) is 44.7 Å². The molecule has 0 N–H and O–H groups in total. The molecule has 7 heteroatoms. The Labute approximate surface area is 189 Å². The lowest BCUT2D eigenvalue weighted by atomic mass is 9.96. The van der Waals surface area contributed by atoms with Crippen LogP contribution in [0.4, 0.5) is 0 Å². The average molecular weight is 441 g/mol. The first kappa shape index (κ1) is 22.4. The lowest BCUT2D eigenvalue weighted by Gasteiger charge is -2.32. The molecule has 1 atom stereocenters. The van der Waals surface area contributed by atoms with E-state index in [0.29, 0.717) is 37.6 Å². The SMILES string of the molecule is CCOC(=O)[C@H]1CCCN(C(=O)c2c(C)oc3c2CN(Cc2ccc(OC)cc2)CC3)C1. The molecule has 0 radical (unpaired) electrons. The topological polar surface area (TPSA) is 72.2 Å². The molecule has 4 rings (SSSR count). The van der Waals surface area contributed by atoms with Crippen LogP contribution in [0.3, 0.4) is 0 Å². The summed E-state index contributed by atoms with van der Waals surface area (Å²) in [7, 11) is 1.66. The van der Waals surface area contributed by atoms with Crippen molar-refractivity contribution >= 4 is 11.9 Å². The van der Waals surface area contributed by atoms with Gasteiger partial charge in [-0.05, 0) is 44.4 Å². The van der Waals surface area contributed by atoms with Crippen molar-refractivity contribution in [1.29, 1.82) is 0 Å². The van der Waals surface area contributed by atoms with Gasteiger partial charge in [-0.3, -0.25) is 14.5 Å². The minimum absolute atomic E-state index is 0.0344. The lowest BCUT2D eigenvalue weighted by Crippen LogP contribution is -2.43. The van der Waals surface area contributed by atoms with Gasteiger partial charge in [0.25, 0.3) is 5.91 Å². The molecule has 2 aliphatic heterocycles. The van der Waals surface area contributed by atoms with Crippen molar-refractivity contribution in [2.45, 2.75) is 46.2 Å². The van der Waals surface area contributed by atoms with Crippen LogP contribution in [0.15, 0.2) is 28.7 Å². The van der Waals surface area contributed by atoms with Gasteiger partial charge in [0.05, 0.1) is 25.2 Å². The Kier molecular flexibility index (Phi) is 6.84. The lowest BCUT2D eigenvalue weighted by molar-refractivity contribution is -0.149. The van der Waals surface area contributed by atoms with Crippen molar-refractivity contribution in [3.63, 3.8) is 0 Å². The highest BCUT2D eigenvalue weighted by Crippen LogP contribution is 2.31. The van der Waals surface area contributed by atoms with Crippen LogP contribution in [0.2, 0.25) is 0 Å². The van der Waals surface area contributed by atoms with Crippen LogP contribution >= 0.6 is 0 Å². The third-order valence-electron chi connectivity index (χ3n) is 6.41. The number of hydrogen-bond acceptors (Lipinski definition) is 6. The number of nitrogens with zero attached hydrogens (tertiary/aromatic N) is 2. The molecule has 1 amide bonds. The van der Waals surface area contributed by atoms with Gasteiger partial charge in [-0.1, -0.05) is 12.1 Å². The molecule has 7 nitrogen and oxygen atoms in total. The first-order valence-corrected chi connectivity index (χ1v) is 11.4. The van der Waals surface area contributed by atoms with Crippen molar-refractivity contribution in [3.05, 3.63) is 52.5 Å². The number of carbonyl (C=O) groups excluding carboxylic acids is 2. The second-order valence-corrected chi connectivity index (χ2v) is 8.59. The van der Waals surface area contributed by atoms with E-state index in [1.165, 1.54) is 5.56 Å². The Morgan fingerprint density at radius 1 is 1.19 bits per heavy atom. The molecule has 0 saturated carbocycles. The minimum atomic E-state index is -0.248. The molecular weight excluding hydrogens is 408 g/mol. The third kappa shape index (κ3) is 4.67. The average Bonchev–Trinajstić information content (AvgIpc) is 3.14. The van der Waals surface area contributed by atoms with Gasteiger partial charge in [-0.15, -0.1) is 0 Å². The Morgan fingerprint density at radius 3 is 2.69 bits per heavy atom. The van der Waals surface area contributed by atoms with Crippen molar-refractivity contribution in [2.75, 3.05) is 33.4 Å². The Bertz CT molecular complexity index is 965. The first-order chi connectivity index (χ1) is 15.5. The maximum atomic E-state index is 13.5. The number of piperidine rings is 1. The first-order valence-electron chi connectivity index (χ1n) is 11.4. The molecule has 1 aromatic carbocycles. The summed E-state index contributed by atoms with van der Waals surface area (Å²) in [5.74, 6) is 1.94. The van der Waals surface area contributed by atoms with E-state index >= 15 is 0 Å². The van der Waals surface area contributed by atoms with Gasteiger partial charge in [0.2, 0.25) is 0 Å². The van der Waals surface area contributed by atoms with E-state index in [4.69, 9.17) is 13.9 Å². The molecule has 0 aliphatic carbocycles. The largest absolute Gasteiger partial charge is 0.497 e. The molecule has 3 heterocycles. The maximum absolute atomic E-state index is 13.5. The number of esters is 1. The van der Waals surface area contributed by atoms with Crippen molar-refractivity contribution in [2.24, 2.45) is 5.92 Å². The summed E-state index contributed by atoms with van der Waals surface area (Å²) in [6.07, 6.45) is 2.35. The van der Waals surface area contributed by atoms with Crippen molar-refractivity contribution < 1.29 is 23.5 Å². The number of amides is 1. The van der Waals surface area contributed by atoms with Crippen molar-refractivity contribution in [3.8, 4) is 5.75 Å². The molecule has 1 saturated heterocycles. The van der Waals surface area contributed by atoms with Gasteiger partial charge >= 0.3 is 5.97 Å². The summed E-state index contributed by atoms with van der Waals surface area (Å²) in [6, 6.07) is 8.09. The van der Waals surface area contributed by atoms with E-state index in [9.17, 15) is 9.59 Å². The van der Waals surface area contributed by atoms with Crippen LogP contribution in [0.1, 0.15) is 52.8 Å². The zero-order chi connectivity index (χ0) is 22.7. The fourth-order valence-electron chi connectivity index (χ4n) is 4.76. The van der Waals surface area contributed by atoms with E-state index in [-0.39, 0.29) is 17.8 Å². The highest BCUT2D eigenvalue weighted by Gasteiger charge is 2.34. The zero-order valence-corrected chi connectivity index (χ0v) is 19.2. The van der Waals surface area contributed by atoms with E-state index in [0.717, 1.165) is 49.4 Å². The van der Waals surface area contributed by atoms with E-state index in [1.54, 1.807) is 12.0 Å². The Balaban J connectivity index is 1.48. The number of aryl methyl sites for hydroxylation is 1. The summed E-state index contributed by atoms with van der Waals surface area (Å²) in [4.78, 5) is 29.9. The van der Waals surface area contributed by atoms with E-state index in [1.807, 2.05) is 26.0 Å². The molecule has 1 aromatic heterocycles. The number of methoxy groups -OCH3 is 1. The standard InChI is InChI=1S/C25H32N2O5/c1-4-31-25(29)19-6-5-12-27(15-19)24(28)23-17(2)32-22-11-13-26(16-21(22)23)14-18-7-9-20(30-3)10-8-18/h7-10,19H,4-6,11-16H2,1-3H3/t19-/m0/s1. The molecule has 32 heavy (non-hydrogen) atoms. The van der Waals surface area contributed by atoms with Crippen LogP contribution in [-0.4, -0.2) is 55.0 Å². The van der Waals surface area contributed by atoms with Gasteiger partial charge in [-0.25, -0.2) is 0 Å². The number of ether oxygens (including phenoxy) is 2. The third-order valence-corrected chi connectivity index (χ3v) is 6.41. The van der Waals surface area contributed by atoms with Gasteiger partial charge < -0.3 is 18.8 Å². The number of furan rings is 1. The smallest absolute Gasteiger partial charge is 0.310 e. The summed E-state index contributed by atoms with van der Waals surface area (Å²) < 4.78 is 16.4. The fourth-order valence-corrected chi connectivity index (χ4v) is 4.76. The predicted octanol–water partition coefficient (Wildman–Crippen LogP) is 3.57. The van der Waals surface area contributed by atoms with Crippen LogP contribution in [0.5, 0.6) is 5.75 Å². The van der Waals surface area contributed by atoms with Crippen molar-refractivity contribution in [1.82, 2.24) is 9.80 Å². The van der Waals surface area contributed by atoms with Crippen LogP contribution in [0, 0.1) is 12.8 Å². The van der Waals surface area contributed by atoms with Gasteiger partial charge in [-0.2, -0.15) is 0 Å². The number of likely N-dealkylation sites (tertiary alicyclic amines) is 1. The van der Waals surface area contributed by atoms with E-state index < -0.39 is 0 Å². The number of hydrogen-bond donors (Lipinski definition) is 0. The van der Waals surface area contributed by atoms with Crippen LogP contribution in [0.25, 0.3) is 0 Å². The Morgan fingerprint density at radius 2 is 1.97 bits per heavy atom. The van der Waals surface area contributed by atoms with Crippen LogP contribution in [-0.2, 0) is 29.0 Å². The quantitative estimate of drug-likeness (QED) is 0.640. The molecule has 0 unspecified atom stereocenters. The molecule has 0 spiro atoms. The van der Waals surface area contributed by atoms with Gasteiger partial charge in [0.1, 0.15) is 17.3 Å². The zero-order valence-electron chi connectivity index (χ0n) is 19.2. The second-order valence-electron chi connectivity index (χ2n) is 8.59. The molecule has 2 aliphatic rings. The van der Waals surface area contributed by atoms with Gasteiger partial charge in [0.15, 0.2) is 0 Å². The number of rotatable bonds is 6. The summed E-state index contributed by atoms with van der Waals surface area (Å²) in [5.41, 5.74) is 2.87.